The number of aliphatic carboxylic acids is 1. The lowest BCUT2D eigenvalue weighted by Gasteiger charge is -2.00. The number of carboxylic acid groups (broad SMARTS) is 1. The minimum absolute atomic E-state index is 0.306. The molecule has 0 amide bonds. The third kappa shape index (κ3) is 2.74. The van der Waals surface area contributed by atoms with Crippen LogP contribution in [-0.2, 0) is 11.3 Å². The zero-order valence-electron chi connectivity index (χ0n) is 8.64. The van der Waals surface area contributed by atoms with Crippen molar-refractivity contribution in [2.24, 2.45) is 5.92 Å². The standard InChI is InChI=1S/C7H8N4O6/c1-4(7(12)13)3-9-6(11(16)17)2-5(8-9)10(14)15/h2,4H,3H2,1H3,(H,12,13). The summed E-state index contributed by atoms with van der Waals surface area (Å²) < 4.78 is 0.705. The van der Waals surface area contributed by atoms with Gasteiger partial charge < -0.3 is 25.3 Å². The molecular weight excluding hydrogens is 236 g/mol. The fourth-order valence-electron chi connectivity index (χ4n) is 1.10. The molecule has 17 heavy (non-hydrogen) atoms. The second kappa shape index (κ2) is 4.55. The van der Waals surface area contributed by atoms with Crippen molar-refractivity contribution < 1.29 is 19.7 Å². The van der Waals surface area contributed by atoms with Gasteiger partial charge in [0, 0.05) is 0 Å². The average molecular weight is 244 g/mol. The van der Waals surface area contributed by atoms with Gasteiger partial charge in [0.25, 0.3) is 0 Å². The molecule has 0 saturated heterocycles. The van der Waals surface area contributed by atoms with Crippen LogP contribution in [0.3, 0.4) is 0 Å². The Morgan fingerprint density at radius 1 is 1.53 bits per heavy atom. The second-order valence-electron chi connectivity index (χ2n) is 3.30. The maximum Gasteiger partial charge on any atom is 0.420 e. The van der Waals surface area contributed by atoms with E-state index in [9.17, 15) is 25.0 Å². The fraction of sp³-hybridized carbons (Fsp3) is 0.429. The highest BCUT2D eigenvalue weighted by Crippen LogP contribution is 2.20. The molecule has 0 radical (unpaired) electrons. The van der Waals surface area contributed by atoms with E-state index in [1.807, 2.05) is 0 Å². The largest absolute Gasteiger partial charge is 0.481 e. The van der Waals surface area contributed by atoms with Gasteiger partial charge in [0.1, 0.15) is 17.7 Å². The van der Waals surface area contributed by atoms with E-state index < -0.39 is 33.4 Å². The van der Waals surface area contributed by atoms with Crippen molar-refractivity contribution >= 4 is 17.6 Å². The van der Waals surface area contributed by atoms with Crippen molar-refractivity contribution in [1.29, 1.82) is 0 Å². The number of rotatable bonds is 5. The van der Waals surface area contributed by atoms with Gasteiger partial charge in [-0.1, -0.05) is 0 Å². The molecule has 1 unspecified atom stereocenters. The van der Waals surface area contributed by atoms with E-state index in [2.05, 4.69) is 5.10 Å². The van der Waals surface area contributed by atoms with E-state index in [1.165, 1.54) is 6.92 Å². The quantitative estimate of drug-likeness (QED) is 0.584. The summed E-state index contributed by atoms with van der Waals surface area (Å²) in [7, 11) is 0. The first-order valence-electron chi connectivity index (χ1n) is 4.42. The van der Waals surface area contributed by atoms with Crippen LogP contribution in [0.5, 0.6) is 0 Å². The van der Waals surface area contributed by atoms with Gasteiger partial charge in [-0.25, -0.2) is 0 Å². The van der Waals surface area contributed by atoms with Crippen molar-refractivity contribution in [2.75, 3.05) is 0 Å². The van der Waals surface area contributed by atoms with E-state index in [1.54, 1.807) is 0 Å². The first kappa shape index (κ1) is 12.5. The third-order valence-corrected chi connectivity index (χ3v) is 1.99. The Balaban J connectivity index is 3.08. The van der Waals surface area contributed by atoms with Crippen molar-refractivity contribution in [3.05, 3.63) is 26.3 Å². The summed E-state index contributed by atoms with van der Waals surface area (Å²) >= 11 is 0. The Hall–Kier alpha value is -2.52. The van der Waals surface area contributed by atoms with Crippen molar-refractivity contribution in [1.82, 2.24) is 9.78 Å². The lowest BCUT2D eigenvalue weighted by Crippen LogP contribution is -2.18. The van der Waals surface area contributed by atoms with E-state index in [-0.39, 0.29) is 6.54 Å². The highest BCUT2D eigenvalue weighted by molar-refractivity contribution is 5.69. The number of carboxylic acids is 1. The zero-order chi connectivity index (χ0) is 13.2. The van der Waals surface area contributed by atoms with Gasteiger partial charge in [0.2, 0.25) is 0 Å². The molecule has 1 atom stereocenters. The van der Waals surface area contributed by atoms with Crippen LogP contribution in [-0.4, -0.2) is 30.7 Å². The van der Waals surface area contributed by atoms with Gasteiger partial charge in [0.05, 0.1) is 5.92 Å². The molecule has 0 saturated carbocycles. The molecule has 0 spiro atoms. The number of hydrogen-bond acceptors (Lipinski definition) is 6. The van der Waals surface area contributed by atoms with Gasteiger partial charge in [-0.2, -0.15) is 0 Å². The lowest BCUT2D eigenvalue weighted by atomic mass is 10.2. The van der Waals surface area contributed by atoms with Crippen molar-refractivity contribution in [3.63, 3.8) is 0 Å². The van der Waals surface area contributed by atoms with Crippen LogP contribution >= 0.6 is 0 Å². The number of aromatic nitrogens is 2. The summed E-state index contributed by atoms with van der Waals surface area (Å²) in [6.07, 6.45) is 0. The SMILES string of the molecule is CC(Cn1nc([N+](=O)[O-])cc1[N+](=O)[O-])C(=O)O. The van der Waals surface area contributed by atoms with Crippen LogP contribution in [0.2, 0.25) is 0 Å². The second-order valence-corrected chi connectivity index (χ2v) is 3.30. The molecule has 0 bridgehead atoms. The van der Waals surface area contributed by atoms with E-state index >= 15 is 0 Å². The third-order valence-electron chi connectivity index (χ3n) is 1.99. The maximum atomic E-state index is 10.6. The highest BCUT2D eigenvalue weighted by atomic mass is 16.6. The molecule has 0 aromatic carbocycles. The molecule has 1 heterocycles. The molecule has 1 N–H and O–H groups in total. The number of nitro groups is 2. The molecule has 10 heteroatoms. The molecule has 0 aliphatic heterocycles. The number of carbonyl (C=O) groups is 1. The zero-order valence-corrected chi connectivity index (χ0v) is 8.64. The predicted octanol–water partition coefficient (Wildman–Crippen LogP) is 0.420. The van der Waals surface area contributed by atoms with Crippen LogP contribution in [0.25, 0.3) is 0 Å². The Morgan fingerprint density at radius 3 is 2.53 bits per heavy atom. The van der Waals surface area contributed by atoms with Crippen molar-refractivity contribution in [2.45, 2.75) is 13.5 Å². The number of hydrogen-bond donors (Lipinski definition) is 1. The van der Waals surface area contributed by atoms with Crippen LogP contribution in [0.1, 0.15) is 6.92 Å². The van der Waals surface area contributed by atoms with E-state index in [0.717, 1.165) is 0 Å². The monoisotopic (exact) mass is 244 g/mol. The average Bonchev–Trinajstić information content (AvgIpc) is 2.61. The van der Waals surface area contributed by atoms with Crippen LogP contribution in [0, 0.1) is 26.1 Å². The van der Waals surface area contributed by atoms with Crippen molar-refractivity contribution in [3.8, 4) is 0 Å². The summed E-state index contributed by atoms with van der Waals surface area (Å²) in [4.78, 5) is 29.8. The Morgan fingerprint density at radius 2 is 2.12 bits per heavy atom. The van der Waals surface area contributed by atoms with Gasteiger partial charge in [0.15, 0.2) is 0 Å². The topological polar surface area (TPSA) is 141 Å². The summed E-state index contributed by atoms with van der Waals surface area (Å²) in [5, 5.41) is 33.0. The predicted molar refractivity (Wildman–Crippen MR) is 52.3 cm³/mol. The summed E-state index contributed by atoms with van der Waals surface area (Å²) in [5.41, 5.74) is 0. The van der Waals surface area contributed by atoms with Crippen LogP contribution < -0.4 is 0 Å². The smallest absolute Gasteiger partial charge is 0.420 e. The van der Waals surface area contributed by atoms with Crippen LogP contribution in [0.15, 0.2) is 6.07 Å². The fourth-order valence-corrected chi connectivity index (χ4v) is 1.10. The minimum Gasteiger partial charge on any atom is -0.481 e. The molecule has 0 fully saturated rings. The Labute approximate surface area is 93.8 Å². The van der Waals surface area contributed by atoms with Gasteiger partial charge in [-0.15, -0.1) is 0 Å². The molecule has 0 aliphatic carbocycles. The first-order valence-corrected chi connectivity index (χ1v) is 4.42. The molecule has 1 aromatic heterocycles. The van der Waals surface area contributed by atoms with Gasteiger partial charge >= 0.3 is 17.6 Å². The molecule has 1 rings (SSSR count). The lowest BCUT2D eigenvalue weighted by molar-refractivity contribution is -0.395. The van der Waals surface area contributed by atoms with Gasteiger partial charge in [-0.05, 0) is 21.5 Å². The Bertz CT molecular complexity index is 481. The molecule has 92 valence electrons. The summed E-state index contributed by atoms with van der Waals surface area (Å²) in [6.45, 7) is 1.01. The minimum atomic E-state index is -1.17. The Kier molecular flexibility index (Phi) is 3.36. The number of nitrogens with zero attached hydrogens (tertiary/aromatic N) is 4. The van der Waals surface area contributed by atoms with E-state index in [4.69, 9.17) is 5.11 Å². The van der Waals surface area contributed by atoms with E-state index in [0.29, 0.717) is 10.7 Å². The molecular formula is C7H8N4O6. The molecule has 10 nitrogen and oxygen atoms in total. The highest BCUT2D eigenvalue weighted by Gasteiger charge is 2.30. The van der Waals surface area contributed by atoms with Gasteiger partial charge in [-0.3, -0.25) is 4.79 Å². The van der Waals surface area contributed by atoms with Crippen LogP contribution in [0.4, 0.5) is 11.6 Å². The maximum absolute atomic E-state index is 10.6. The normalized spacial score (nSPS) is 12.1. The summed E-state index contributed by atoms with van der Waals surface area (Å²) in [5.74, 6) is -3.40. The molecule has 1 aromatic rings. The molecule has 0 aliphatic rings. The first-order chi connectivity index (χ1) is 7.82. The summed E-state index contributed by atoms with van der Waals surface area (Å²) in [6, 6.07) is 0.689.